The van der Waals surface area contributed by atoms with Crippen molar-refractivity contribution in [2.24, 2.45) is 0 Å². The fourth-order valence-electron chi connectivity index (χ4n) is 2.58. The topological polar surface area (TPSA) is 80.3 Å². The molecule has 26 heavy (non-hydrogen) atoms. The van der Waals surface area contributed by atoms with E-state index in [0.29, 0.717) is 18.7 Å². The van der Waals surface area contributed by atoms with Crippen molar-refractivity contribution in [3.05, 3.63) is 58.9 Å². The lowest BCUT2D eigenvalue weighted by molar-refractivity contribution is 0.0932. The van der Waals surface area contributed by atoms with Crippen LogP contribution >= 0.6 is 0 Å². The highest BCUT2D eigenvalue weighted by Gasteiger charge is 2.15. The van der Waals surface area contributed by atoms with Gasteiger partial charge in [-0.05, 0) is 36.1 Å². The van der Waals surface area contributed by atoms with Gasteiger partial charge < -0.3 is 15.4 Å². The van der Waals surface area contributed by atoms with E-state index in [1.54, 1.807) is 13.2 Å². The minimum atomic E-state index is -0.338. The predicted molar refractivity (Wildman–Crippen MR) is 102 cm³/mol. The van der Waals surface area contributed by atoms with Crippen LogP contribution in [0.25, 0.3) is 0 Å². The first kappa shape index (κ1) is 19.6. The number of hydrogen-bond donors (Lipinski definition) is 2. The number of methoxy groups -OCH3 is 1. The fourth-order valence-corrected chi connectivity index (χ4v) is 2.58. The van der Waals surface area contributed by atoms with Gasteiger partial charge in [-0.3, -0.25) is 14.6 Å². The zero-order chi connectivity index (χ0) is 19.1. The second kappa shape index (κ2) is 9.10. The van der Waals surface area contributed by atoms with Crippen LogP contribution in [0.1, 0.15) is 51.7 Å². The van der Waals surface area contributed by atoms with Crippen molar-refractivity contribution in [1.29, 1.82) is 0 Å². The highest BCUT2D eigenvalue weighted by molar-refractivity contribution is 6.06. The van der Waals surface area contributed by atoms with E-state index in [1.165, 1.54) is 12.3 Å². The summed E-state index contributed by atoms with van der Waals surface area (Å²) >= 11 is 0. The zero-order valence-corrected chi connectivity index (χ0v) is 15.6. The highest BCUT2D eigenvalue weighted by atomic mass is 16.5. The van der Waals surface area contributed by atoms with Gasteiger partial charge in [-0.1, -0.05) is 32.0 Å². The van der Waals surface area contributed by atoms with Gasteiger partial charge in [0.05, 0.1) is 6.61 Å². The molecule has 1 aromatic heterocycles. The van der Waals surface area contributed by atoms with E-state index in [4.69, 9.17) is 4.74 Å². The van der Waals surface area contributed by atoms with Crippen LogP contribution in [0.4, 0.5) is 5.69 Å². The molecule has 6 heteroatoms. The Balaban J connectivity index is 2.19. The van der Waals surface area contributed by atoms with E-state index in [9.17, 15) is 9.59 Å². The lowest BCUT2D eigenvalue weighted by atomic mass is 9.98. The van der Waals surface area contributed by atoms with Crippen LogP contribution in [0.2, 0.25) is 0 Å². The summed E-state index contributed by atoms with van der Waals surface area (Å²) in [5.74, 6) is -0.324. The second-order valence-electron chi connectivity index (χ2n) is 6.33. The molecule has 0 aliphatic rings. The van der Waals surface area contributed by atoms with Gasteiger partial charge in [0.2, 0.25) is 0 Å². The number of hydrogen-bond acceptors (Lipinski definition) is 4. The number of aromatic nitrogens is 1. The summed E-state index contributed by atoms with van der Waals surface area (Å²) in [4.78, 5) is 28.8. The maximum absolute atomic E-state index is 12.7. The predicted octanol–water partition coefficient (Wildman–Crippen LogP) is 3.14. The number of aryl methyl sites for hydroxylation is 1. The number of ether oxygens (including phenoxy) is 1. The Morgan fingerprint density at radius 3 is 2.65 bits per heavy atom. The van der Waals surface area contributed by atoms with Crippen LogP contribution in [-0.4, -0.2) is 37.1 Å². The van der Waals surface area contributed by atoms with Crippen LogP contribution in [0, 0.1) is 6.92 Å². The average Bonchev–Trinajstić information content (AvgIpc) is 2.63. The number of carbonyl (C=O) groups excluding carboxylic acids is 2. The Kier molecular flexibility index (Phi) is 6.86. The Labute approximate surface area is 154 Å². The number of carbonyl (C=O) groups is 2. The number of rotatable bonds is 7. The van der Waals surface area contributed by atoms with Crippen molar-refractivity contribution in [3.8, 4) is 0 Å². The zero-order valence-electron chi connectivity index (χ0n) is 15.6. The SMILES string of the molecule is COCCNC(=O)c1cc(C(=O)Nc2c(C)cccc2C(C)C)ccn1. The molecule has 138 valence electrons. The summed E-state index contributed by atoms with van der Waals surface area (Å²) in [6, 6.07) is 9.03. The number of para-hydroxylation sites is 1. The molecule has 2 amide bonds. The number of pyridine rings is 1. The molecule has 0 aliphatic heterocycles. The Morgan fingerprint density at radius 2 is 1.96 bits per heavy atom. The van der Waals surface area contributed by atoms with Gasteiger partial charge in [-0.25, -0.2) is 0 Å². The van der Waals surface area contributed by atoms with Gasteiger partial charge in [0.1, 0.15) is 5.69 Å². The van der Waals surface area contributed by atoms with Crippen molar-refractivity contribution in [2.45, 2.75) is 26.7 Å². The first-order chi connectivity index (χ1) is 12.4. The quantitative estimate of drug-likeness (QED) is 0.748. The first-order valence-electron chi connectivity index (χ1n) is 8.58. The van der Waals surface area contributed by atoms with Crippen molar-refractivity contribution < 1.29 is 14.3 Å². The molecule has 0 atom stereocenters. The fraction of sp³-hybridized carbons (Fsp3) is 0.350. The molecule has 0 bridgehead atoms. The smallest absolute Gasteiger partial charge is 0.269 e. The van der Waals surface area contributed by atoms with Crippen molar-refractivity contribution >= 4 is 17.5 Å². The third-order valence-electron chi connectivity index (χ3n) is 4.01. The maximum atomic E-state index is 12.7. The van der Waals surface area contributed by atoms with Crippen LogP contribution < -0.4 is 10.6 Å². The number of anilines is 1. The lowest BCUT2D eigenvalue weighted by Gasteiger charge is -2.16. The molecular weight excluding hydrogens is 330 g/mol. The summed E-state index contributed by atoms with van der Waals surface area (Å²) in [5, 5.41) is 5.67. The largest absolute Gasteiger partial charge is 0.383 e. The maximum Gasteiger partial charge on any atom is 0.269 e. The number of benzene rings is 1. The third kappa shape index (κ3) is 4.89. The van der Waals surface area contributed by atoms with Gasteiger partial charge in [-0.15, -0.1) is 0 Å². The lowest BCUT2D eigenvalue weighted by Crippen LogP contribution is -2.28. The summed E-state index contributed by atoms with van der Waals surface area (Å²) in [6.45, 7) is 6.92. The molecule has 1 heterocycles. The van der Waals surface area contributed by atoms with E-state index >= 15 is 0 Å². The molecule has 0 aliphatic carbocycles. The van der Waals surface area contributed by atoms with Crippen LogP contribution in [-0.2, 0) is 4.74 Å². The van der Waals surface area contributed by atoms with Crippen LogP contribution in [0.15, 0.2) is 36.5 Å². The molecule has 2 rings (SSSR count). The minimum Gasteiger partial charge on any atom is -0.383 e. The number of nitrogens with one attached hydrogen (secondary N) is 2. The summed E-state index contributed by atoms with van der Waals surface area (Å²) in [5.41, 5.74) is 3.47. The Hall–Kier alpha value is -2.73. The minimum absolute atomic E-state index is 0.197. The molecule has 1 aromatic carbocycles. The second-order valence-corrected chi connectivity index (χ2v) is 6.33. The molecular formula is C20H25N3O3. The van der Waals surface area contributed by atoms with Gasteiger partial charge >= 0.3 is 0 Å². The molecule has 2 aromatic rings. The van der Waals surface area contributed by atoms with Gasteiger partial charge in [-0.2, -0.15) is 0 Å². The summed E-state index contributed by atoms with van der Waals surface area (Å²) in [7, 11) is 1.56. The number of nitrogens with zero attached hydrogens (tertiary/aromatic N) is 1. The Morgan fingerprint density at radius 1 is 1.19 bits per heavy atom. The summed E-state index contributed by atoms with van der Waals surface area (Å²) < 4.78 is 4.90. The van der Waals surface area contributed by atoms with E-state index in [1.807, 2.05) is 25.1 Å². The normalized spacial score (nSPS) is 10.7. The summed E-state index contributed by atoms with van der Waals surface area (Å²) in [6.07, 6.45) is 1.46. The van der Waals surface area contributed by atoms with E-state index in [2.05, 4.69) is 29.5 Å². The monoisotopic (exact) mass is 355 g/mol. The van der Waals surface area contributed by atoms with E-state index < -0.39 is 0 Å². The van der Waals surface area contributed by atoms with Crippen LogP contribution in [0.3, 0.4) is 0 Å². The molecule has 2 N–H and O–H groups in total. The molecule has 0 fully saturated rings. The number of amides is 2. The van der Waals surface area contributed by atoms with Gasteiger partial charge in [0.15, 0.2) is 0 Å². The van der Waals surface area contributed by atoms with Crippen molar-refractivity contribution in [2.75, 3.05) is 25.6 Å². The highest BCUT2D eigenvalue weighted by Crippen LogP contribution is 2.27. The van der Waals surface area contributed by atoms with E-state index in [0.717, 1.165) is 16.8 Å². The van der Waals surface area contributed by atoms with Gasteiger partial charge in [0, 0.05) is 31.1 Å². The molecule has 0 spiro atoms. The van der Waals surface area contributed by atoms with E-state index in [-0.39, 0.29) is 23.4 Å². The van der Waals surface area contributed by atoms with Crippen molar-refractivity contribution in [1.82, 2.24) is 10.3 Å². The van der Waals surface area contributed by atoms with Gasteiger partial charge in [0.25, 0.3) is 11.8 Å². The molecule has 6 nitrogen and oxygen atoms in total. The van der Waals surface area contributed by atoms with Crippen LogP contribution in [0.5, 0.6) is 0 Å². The standard InChI is InChI=1S/C20H25N3O3/c1-13(2)16-7-5-6-14(3)18(16)23-19(24)15-8-9-21-17(12-15)20(25)22-10-11-26-4/h5-9,12-13H,10-11H2,1-4H3,(H,22,25)(H,23,24). The van der Waals surface area contributed by atoms with Crippen molar-refractivity contribution in [3.63, 3.8) is 0 Å². The molecule has 0 unspecified atom stereocenters. The molecule has 0 radical (unpaired) electrons. The first-order valence-corrected chi connectivity index (χ1v) is 8.58. The third-order valence-corrected chi connectivity index (χ3v) is 4.01. The molecule has 0 saturated carbocycles. The Bertz CT molecular complexity index is 788. The average molecular weight is 355 g/mol. The molecule has 0 saturated heterocycles.